The molecule has 0 unspecified atom stereocenters. The van der Waals surface area contributed by atoms with E-state index in [1.165, 1.54) is 46.9 Å². The number of H-pyrrole nitrogens is 1. The lowest BCUT2D eigenvalue weighted by atomic mass is 9.91. The molecule has 6 N–H and O–H groups in total. The Balaban J connectivity index is 0.00000561. The highest BCUT2D eigenvalue weighted by atomic mass is 32.1. The number of nitrogens with zero attached hydrogens (tertiary/aromatic N) is 1. The number of phenols is 1. The molecule has 16 heteroatoms. The maximum atomic E-state index is 15.0. The topological polar surface area (TPSA) is 164 Å². The Bertz CT molecular complexity index is 2070. The molecular formula is C38H41F3N4O7S2. The number of nitrogens with one attached hydrogen (secondary N) is 3. The first-order valence-corrected chi connectivity index (χ1v) is 18.9. The standard InChI is InChI=1S/C38H40F2N4O7S2.FH/c1-44(23-6-8-24(9-7-23)51-37(49)38(50,32-4-2-16-52-32)33-5-3-17-53-33)15-14-35(48)42-29-19-27(39)22(18-28(29)40)20-41-21-31(46)25-10-12-30(45)36-26(25)11-13-34(47)43-36;/h2-5,10-13,16-19,23-24,31,41,45-46,50H,6-9,14-15,20-21H2,1H3,(H,42,48)(H,43,47);1H/t23-,24-,31-;/m0./s1. The number of anilines is 1. The van der Waals surface area contributed by atoms with E-state index in [1.54, 1.807) is 35.0 Å². The molecule has 5 aromatic rings. The van der Waals surface area contributed by atoms with Crippen LogP contribution in [0.5, 0.6) is 5.75 Å². The van der Waals surface area contributed by atoms with E-state index in [4.69, 9.17) is 4.74 Å². The number of hydrogen-bond acceptors (Lipinski definition) is 11. The molecule has 1 amide bonds. The van der Waals surface area contributed by atoms with E-state index in [9.17, 15) is 38.5 Å². The van der Waals surface area contributed by atoms with Crippen molar-refractivity contribution in [3.63, 3.8) is 0 Å². The highest BCUT2D eigenvalue weighted by Gasteiger charge is 2.45. The molecular weight excluding hydrogens is 746 g/mol. The number of aromatic hydroxyl groups is 1. The third kappa shape index (κ3) is 9.02. The normalized spacial score (nSPS) is 16.6. The van der Waals surface area contributed by atoms with Crippen molar-refractivity contribution in [3.05, 3.63) is 114 Å². The zero-order chi connectivity index (χ0) is 37.7. The molecule has 0 saturated heterocycles. The lowest BCUT2D eigenvalue weighted by molar-refractivity contribution is -0.169. The Morgan fingerprint density at radius 2 is 1.70 bits per heavy atom. The molecule has 3 heterocycles. The number of carbonyl (C=O) groups excluding carboxylic acids is 2. The van der Waals surface area contributed by atoms with E-state index in [2.05, 4.69) is 15.6 Å². The van der Waals surface area contributed by atoms with Gasteiger partial charge in [-0.15, -0.1) is 22.7 Å². The van der Waals surface area contributed by atoms with Gasteiger partial charge >= 0.3 is 5.97 Å². The van der Waals surface area contributed by atoms with Crippen LogP contribution in [0.15, 0.2) is 76.2 Å². The lowest BCUT2D eigenvalue weighted by Crippen LogP contribution is -2.42. The summed E-state index contributed by atoms with van der Waals surface area (Å²) in [5.74, 6) is -2.86. The summed E-state index contributed by atoms with van der Waals surface area (Å²) in [6, 6.07) is 14.7. The Hall–Kier alpha value is -4.58. The molecule has 54 heavy (non-hydrogen) atoms. The highest BCUT2D eigenvalue weighted by molar-refractivity contribution is 7.12. The number of phenolic OH excluding ortho intramolecular Hbond substituents is 1. The molecule has 11 nitrogen and oxygen atoms in total. The zero-order valence-corrected chi connectivity index (χ0v) is 30.9. The number of carbonyl (C=O) groups is 2. The molecule has 0 radical (unpaired) electrons. The number of aliphatic hydroxyl groups is 2. The molecule has 3 aromatic heterocycles. The lowest BCUT2D eigenvalue weighted by Gasteiger charge is -2.35. The van der Waals surface area contributed by atoms with Gasteiger partial charge in [0.25, 0.3) is 0 Å². The second-order valence-electron chi connectivity index (χ2n) is 13.1. The Labute approximate surface area is 316 Å². The fourth-order valence-corrected chi connectivity index (χ4v) is 8.34. The fraction of sp³-hybridized carbons (Fsp3) is 0.342. The number of pyridine rings is 1. The van der Waals surface area contributed by atoms with Gasteiger partial charge in [-0.3, -0.25) is 14.3 Å². The molecule has 288 valence electrons. The number of esters is 1. The van der Waals surface area contributed by atoms with Crippen LogP contribution in [0.2, 0.25) is 0 Å². The summed E-state index contributed by atoms with van der Waals surface area (Å²) in [4.78, 5) is 43.3. The molecule has 0 aliphatic heterocycles. The number of ether oxygens (including phenoxy) is 1. The first kappa shape index (κ1) is 40.6. The van der Waals surface area contributed by atoms with Crippen LogP contribution in [0.25, 0.3) is 10.9 Å². The maximum absolute atomic E-state index is 15.0. The van der Waals surface area contributed by atoms with E-state index < -0.39 is 40.8 Å². The van der Waals surface area contributed by atoms with E-state index in [-0.39, 0.29) is 58.9 Å². The van der Waals surface area contributed by atoms with Gasteiger partial charge in [-0.05, 0) is 79.4 Å². The second-order valence-corrected chi connectivity index (χ2v) is 15.0. The minimum Gasteiger partial charge on any atom is -0.506 e. The number of hydrogen-bond donors (Lipinski definition) is 6. The van der Waals surface area contributed by atoms with Crippen molar-refractivity contribution in [3.8, 4) is 5.75 Å². The molecule has 1 aliphatic rings. The fourth-order valence-electron chi connectivity index (χ4n) is 6.63. The van der Waals surface area contributed by atoms with E-state index in [1.807, 2.05) is 11.9 Å². The number of amides is 1. The molecule has 1 atom stereocenters. The quantitative estimate of drug-likeness (QED) is 0.0780. The average molecular weight is 787 g/mol. The van der Waals surface area contributed by atoms with Crippen LogP contribution in [0, 0.1) is 11.6 Å². The minimum atomic E-state index is -1.86. The summed E-state index contributed by atoms with van der Waals surface area (Å²) in [5, 5.41) is 41.7. The van der Waals surface area contributed by atoms with Crippen LogP contribution in [-0.2, 0) is 26.5 Å². The molecule has 6 rings (SSSR count). The van der Waals surface area contributed by atoms with Gasteiger partial charge in [-0.1, -0.05) is 18.2 Å². The third-order valence-electron chi connectivity index (χ3n) is 9.61. The van der Waals surface area contributed by atoms with Crippen LogP contribution >= 0.6 is 22.7 Å². The SMILES string of the molecule is CN(CCC(=O)Nc1cc(F)c(CNC[C@H](O)c2ccc(O)c3[nH]c(=O)ccc23)cc1F)[C@H]1CC[C@H](OC(=O)C(O)(c2cccs2)c2cccs2)CC1.F. The first-order valence-electron chi connectivity index (χ1n) is 17.2. The number of thiophene rings is 2. The van der Waals surface area contributed by atoms with Crippen molar-refractivity contribution in [1.82, 2.24) is 15.2 Å². The summed E-state index contributed by atoms with van der Waals surface area (Å²) in [6.07, 6.45) is 1.23. The molecule has 2 aromatic carbocycles. The van der Waals surface area contributed by atoms with Crippen LogP contribution in [0.4, 0.5) is 19.2 Å². The van der Waals surface area contributed by atoms with Crippen LogP contribution < -0.4 is 16.2 Å². The predicted octanol–water partition coefficient (Wildman–Crippen LogP) is 5.66. The molecule has 0 spiro atoms. The van der Waals surface area contributed by atoms with Crippen molar-refractivity contribution < 1.29 is 43.1 Å². The van der Waals surface area contributed by atoms with Crippen molar-refractivity contribution in [2.45, 2.75) is 62.5 Å². The van der Waals surface area contributed by atoms with Gasteiger partial charge in [0, 0.05) is 55.2 Å². The smallest absolute Gasteiger partial charge is 0.349 e. The van der Waals surface area contributed by atoms with Crippen molar-refractivity contribution in [1.29, 1.82) is 0 Å². The third-order valence-corrected chi connectivity index (χ3v) is 11.6. The summed E-state index contributed by atoms with van der Waals surface area (Å²) < 4.78 is 35.8. The number of aromatic amines is 1. The number of aliphatic hydroxyl groups excluding tert-OH is 1. The number of rotatable bonds is 14. The van der Waals surface area contributed by atoms with Gasteiger partial charge in [-0.2, -0.15) is 0 Å². The Morgan fingerprint density at radius 1 is 1.02 bits per heavy atom. The molecule has 1 fully saturated rings. The van der Waals surface area contributed by atoms with Crippen LogP contribution in [-0.4, -0.2) is 69.4 Å². The Morgan fingerprint density at radius 3 is 2.35 bits per heavy atom. The Kier molecular flexibility index (Phi) is 13.3. The minimum absolute atomic E-state index is 0. The van der Waals surface area contributed by atoms with E-state index in [0.29, 0.717) is 52.9 Å². The van der Waals surface area contributed by atoms with Gasteiger partial charge in [0.2, 0.25) is 17.1 Å². The highest BCUT2D eigenvalue weighted by Crippen LogP contribution is 2.38. The van der Waals surface area contributed by atoms with Gasteiger partial charge in [0.1, 0.15) is 23.5 Å². The second kappa shape index (κ2) is 17.7. The largest absolute Gasteiger partial charge is 0.506 e. The van der Waals surface area contributed by atoms with Crippen molar-refractivity contribution >= 4 is 51.1 Å². The van der Waals surface area contributed by atoms with Crippen molar-refractivity contribution in [2.75, 3.05) is 25.5 Å². The molecule has 1 saturated carbocycles. The zero-order valence-electron chi connectivity index (χ0n) is 29.2. The number of benzene rings is 2. The van der Waals surface area contributed by atoms with Gasteiger partial charge in [0.15, 0.2) is 0 Å². The predicted molar refractivity (Wildman–Crippen MR) is 201 cm³/mol. The average Bonchev–Trinajstić information content (AvgIpc) is 3.89. The molecule has 1 aliphatic carbocycles. The van der Waals surface area contributed by atoms with Gasteiger partial charge in [0.05, 0.1) is 27.1 Å². The molecule has 0 bridgehead atoms. The number of fused-ring (bicyclic) bond motifs is 1. The number of aromatic nitrogens is 1. The summed E-state index contributed by atoms with van der Waals surface area (Å²) in [6.45, 7) is 0.225. The maximum Gasteiger partial charge on any atom is 0.349 e. The van der Waals surface area contributed by atoms with Crippen LogP contribution in [0.3, 0.4) is 0 Å². The summed E-state index contributed by atoms with van der Waals surface area (Å²) in [5.41, 5.74) is -1.94. The summed E-state index contributed by atoms with van der Waals surface area (Å²) in [7, 11) is 1.89. The van der Waals surface area contributed by atoms with Crippen LogP contribution in [0.1, 0.15) is 59.1 Å². The van der Waals surface area contributed by atoms with E-state index >= 15 is 0 Å². The summed E-state index contributed by atoms with van der Waals surface area (Å²) >= 11 is 2.58. The van der Waals surface area contributed by atoms with Gasteiger partial charge < -0.3 is 40.6 Å². The van der Waals surface area contributed by atoms with Crippen molar-refractivity contribution in [2.24, 2.45) is 0 Å². The van der Waals surface area contributed by atoms with E-state index in [0.717, 1.165) is 12.1 Å². The number of halogens is 3. The first-order chi connectivity index (χ1) is 25.4. The monoisotopic (exact) mass is 786 g/mol. The van der Waals surface area contributed by atoms with Gasteiger partial charge in [-0.25, -0.2) is 13.6 Å².